The topological polar surface area (TPSA) is 106 Å². The first-order valence-electron chi connectivity index (χ1n) is 11.6. The molecule has 0 amide bonds. The van der Waals surface area contributed by atoms with Crippen LogP contribution in [0.5, 0.6) is 0 Å². The highest BCUT2D eigenvalue weighted by Gasteiger charge is 2.38. The average Bonchev–Trinajstić information content (AvgIpc) is 2.86. The molecule has 41 heavy (non-hydrogen) atoms. The van der Waals surface area contributed by atoms with Gasteiger partial charge in [0.2, 0.25) is 0 Å². The molecule has 2 radical (unpaired) electrons. The summed E-state index contributed by atoms with van der Waals surface area (Å²) in [6.45, 7) is 1.24. The summed E-state index contributed by atoms with van der Waals surface area (Å²) in [4.78, 5) is 31.5. The second-order valence-electron chi connectivity index (χ2n) is 9.26. The number of aromatic amines is 1. The van der Waals surface area contributed by atoms with Crippen molar-refractivity contribution in [2.75, 3.05) is 5.32 Å². The number of rotatable bonds is 7. The number of benzene rings is 1. The Labute approximate surface area is 225 Å². The van der Waals surface area contributed by atoms with Gasteiger partial charge in [-0.15, -0.1) is 0 Å². The van der Waals surface area contributed by atoms with E-state index in [-0.39, 0.29) is 24.8 Å². The number of H-pyrrole nitrogens is 1. The number of halogens is 8. The van der Waals surface area contributed by atoms with Crippen molar-refractivity contribution in [1.29, 1.82) is 0 Å². The summed E-state index contributed by atoms with van der Waals surface area (Å²) >= 11 is 0. The lowest BCUT2D eigenvalue weighted by Gasteiger charge is -2.29. The molecule has 0 saturated heterocycles. The fourth-order valence-electron chi connectivity index (χ4n) is 4.09. The van der Waals surface area contributed by atoms with E-state index in [1.54, 1.807) is 5.10 Å². The summed E-state index contributed by atoms with van der Waals surface area (Å²) in [5.74, 6) is -3.63. The molecule has 214 valence electrons. The first-order chi connectivity index (χ1) is 19.0. The molecule has 1 atom stereocenters. The summed E-state index contributed by atoms with van der Waals surface area (Å²) in [6.07, 6.45) is -6.86. The summed E-state index contributed by atoms with van der Waals surface area (Å²) in [5, 5.41) is 6.75. The first kappa shape index (κ1) is 29.7. The lowest BCUT2D eigenvalue weighted by atomic mass is 9.75. The number of aromatic nitrogens is 5. The van der Waals surface area contributed by atoms with Gasteiger partial charge in [0.25, 0.3) is 11.1 Å². The Morgan fingerprint density at radius 3 is 2.27 bits per heavy atom. The van der Waals surface area contributed by atoms with Gasteiger partial charge in [-0.05, 0) is 35.8 Å². The Balaban J connectivity index is 1.55. The minimum atomic E-state index is -4.99. The van der Waals surface area contributed by atoms with Crippen LogP contribution < -0.4 is 16.4 Å². The van der Waals surface area contributed by atoms with Crippen molar-refractivity contribution in [3.8, 4) is 11.4 Å². The van der Waals surface area contributed by atoms with E-state index < -0.39 is 74.1 Å². The maximum Gasteiger partial charge on any atom is 0.423 e. The quantitative estimate of drug-likeness (QED) is 0.243. The van der Waals surface area contributed by atoms with Gasteiger partial charge >= 0.3 is 12.4 Å². The van der Waals surface area contributed by atoms with E-state index in [0.717, 1.165) is 16.8 Å². The third kappa shape index (κ3) is 6.22. The maximum absolute atomic E-state index is 15.0. The molecule has 4 rings (SSSR count). The van der Waals surface area contributed by atoms with Crippen LogP contribution in [0.2, 0.25) is 0 Å². The zero-order valence-corrected chi connectivity index (χ0v) is 20.8. The number of anilines is 1. The summed E-state index contributed by atoms with van der Waals surface area (Å²) in [7, 11) is 6.06. The second-order valence-corrected chi connectivity index (χ2v) is 9.26. The highest BCUT2D eigenvalue weighted by Crippen LogP contribution is 2.33. The van der Waals surface area contributed by atoms with Crippen molar-refractivity contribution < 1.29 is 35.1 Å². The van der Waals surface area contributed by atoms with Crippen LogP contribution in [0.1, 0.15) is 30.9 Å². The largest absolute Gasteiger partial charge is 0.423 e. The van der Waals surface area contributed by atoms with Crippen molar-refractivity contribution in [1.82, 2.24) is 24.7 Å². The molecule has 0 aliphatic rings. The normalized spacial score (nSPS) is 13.8. The Kier molecular flexibility index (Phi) is 7.66. The predicted octanol–water partition coefficient (Wildman–Crippen LogP) is 4.63. The summed E-state index contributed by atoms with van der Waals surface area (Å²) in [6, 6.07) is 2.29. The number of nitrogens with zero attached hydrogens (tertiary/aromatic N) is 4. The smallest absolute Gasteiger partial charge is 0.386 e. The van der Waals surface area contributed by atoms with Crippen molar-refractivity contribution >= 4 is 24.3 Å². The number of alkyl halides is 6. The number of aryl methyl sites for hydroxylation is 1. The molecule has 1 unspecified atom stereocenters. The summed E-state index contributed by atoms with van der Waals surface area (Å²) < 4.78 is 109. The van der Waals surface area contributed by atoms with Gasteiger partial charge in [-0.1, -0.05) is 6.92 Å². The fraction of sp³-hybridized carbons (Fsp3) is 0.292. The molecule has 0 aliphatic carbocycles. The minimum absolute atomic E-state index is 0.0391. The van der Waals surface area contributed by atoms with Gasteiger partial charge in [-0.2, -0.15) is 31.4 Å². The zero-order valence-electron chi connectivity index (χ0n) is 20.8. The van der Waals surface area contributed by atoms with Crippen molar-refractivity contribution in [3.63, 3.8) is 0 Å². The molecule has 0 bridgehead atoms. The number of fused-ring (bicyclic) bond motifs is 1. The van der Waals surface area contributed by atoms with Crippen LogP contribution in [0.15, 0.2) is 46.5 Å². The molecule has 4 aromatic rings. The van der Waals surface area contributed by atoms with Crippen LogP contribution in [0.4, 0.5) is 40.8 Å². The molecular formula is C24H17BF8N6O2. The predicted molar refractivity (Wildman–Crippen MR) is 131 cm³/mol. The molecular weight excluding hydrogens is 567 g/mol. The van der Waals surface area contributed by atoms with Crippen LogP contribution in [0, 0.1) is 11.6 Å². The standard InChI is InChI=1S/C24H17BF8N6O2/c1-22(25,37-14-10-36-38-20(40)16(14)24(31,32)33)4-2-5-39-6-3-11-7-13(17(26)18(27)15(11)21(39)41)19-34-8-12(9-35-19)23(28,29)30/h3,6-10H,2,4-5H2,1H3,(H2,37,38,40). The lowest BCUT2D eigenvalue weighted by Crippen LogP contribution is -2.38. The van der Waals surface area contributed by atoms with Crippen LogP contribution in [-0.4, -0.2) is 38.0 Å². The Morgan fingerprint density at radius 1 is 1.00 bits per heavy atom. The molecule has 1 aromatic carbocycles. The molecule has 8 nitrogen and oxygen atoms in total. The number of hydrogen-bond acceptors (Lipinski definition) is 6. The molecule has 0 fully saturated rings. The van der Waals surface area contributed by atoms with Crippen LogP contribution >= 0.6 is 0 Å². The van der Waals surface area contributed by atoms with E-state index in [9.17, 15) is 44.7 Å². The monoisotopic (exact) mass is 584 g/mol. The van der Waals surface area contributed by atoms with Crippen LogP contribution in [-0.2, 0) is 18.9 Å². The van der Waals surface area contributed by atoms with Gasteiger partial charge in [-0.25, -0.2) is 23.8 Å². The second kappa shape index (κ2) is 10.6. The van der Waals surface area contributed by atoms with Gasteiger partial charge in [0.05, 0.1) is 28.4 Å². The number of pyridine rings is 1. The molecule has 0 spiro atoms. The van der Waals surface area contributed by atoms with Gasteiger partial charge in [-0.3, -0.25) is 9.59 Å². The SMILES string of the molecule is [B]C(C)(CCCn1ccc2cc(-c3ncc(C(F)(F)F)cn3)c(F)c(F)c2c1=O)Nc1cn[nH]c(=O)c1C(F)(F)F. The molecule has 0 aliphatic heterocycles. The van der Waals surface area contributed by atoms with Gasteiger partial charge in [0, 0.05) is 25.1 Å². The third-order valence-electron chi connectivity index (χ3n) is 6.02. The molecule has 3 aromatic heterocycles. The Morgan fingerprint density at radius 2 is 1.66 bits per heavy atom. The van der Waals surface area contributed by atoms with Gasteiger partial charge in [0.15, 0.2) is 17.5 Å². The van der Waals surface area contributed by atoms with Gasteiger partial charge < -0.3 is 9.88 Å². The molecule has 3 heterocycles. The average molecular weight is 584 g/mol. The van der Waals surface area contributed by atoms with E-state index in [2.05, 4.69) is 20.4 Å². The van der Waals surface area contributed by atoms with Crippen molar-refractivity contribution in [3.05, 3.63) is 80.4 Å². The van der Waals surface area contributed by atoms with E-state index in [0.29, 0.717) is 12.4 Å². The zero-order chi connectivity index (χ0) is 30.3. The van der Waals surface area contributed by atoms with Crippen LogP contribution in [0.25, 0.3) is 22.2 Å². The fourth-order valence-corrected chi connectivity index (χ4v) is 4.09. The number of hydrogen-bond donors (Lipinski definition) is 2. The van der Waals surface area contributed by atoms with Crippen molar-refractivity contribution in [2.45, 2.75) is 44.1 Å². The number of nitrogens with one attached hydrogen (secondary N) is 2. The Hall–Kier alpha value is -4.31. The lowest BCUT2D eigenvalue weighted by molar-refractivity contribution is -0.139. The van der Waals surface area contributed by atoms with Crippen molar-refractivity contribution in [2.24, 2.45) is 0 Å². The molecule has 0 saturated carbocycles. The summed E-state index contributed by atoms with van der Waals surface area (Å²) in [5.41, 5.74) is -7.84. The maximum atomic E-state index is 15.0. The van der Waals surface area contributed by atoms with E-state index in [1.807, 2.05) is 0 Å². The minimum Gasteiger partial charge on any atom is -0.386 e. The molecule has 17 heteroatoms. The third-order valence-corrected chi connectivity index (χ3v) is 6.02. The van der Waals surface area contributed by atoms with E-state index in [1.165, 1.54) is 19.2 Å². The van der Waals surface area contributed by atoms with Crippen LogP contribution in [0.3, 0.4) is 0 Å². The van der Waals surface area contributed by atoms with E-state index >= 15 is 0 Å². The Bertz CT molecular complexity index is 1720. The van der Waals surface area contributed by atoms with Gasteiger partial charge in [0.1, 0.15) is 13.4 Å². The van der Waals surface area contributed by atoms with E-state index in [4.69, 9.17) is 7.85 Å². The molecule has 2 N–H and O–H groups in total. The first-order valence-corrected chi connectivity index (χ1v) is 11.6. The highest BCUT2D eigenvalue weighted by molar-refractivity contribution is 6.16. The highest BCUT2D eigenvalue weighted by atomic mass is 19.4.